The van der Waals surface area contributed by atoms with Gasteiger partial charge in [-0.25, -0.2) is 0 Å². The molecule has 0 radical (unpaired) electrons. The SMILES string of the molecule is CCCNC(c1ccc(C)o1)C1CCCc2cccnc21. The van der Waals surface area contributed by atoms with Crippen LogP contribution in [0.1, 0.15) is 60.9 Å². The molecule has 2 aromatic heterocycles. The lowest BCUT2D eigenvalue weighted by molar-refractivity contribution is 0.331. The number of furan rings is 1. The molecule has 0 bridgehead atoms. The van der Waals surface area contributed by atoms with Crippen molar-refractivity contribution in [1.29, 1.82) is 0 Å². The lowest BCUT2D eigenvalue weighted by Gasteiger charge is -2.31. The zero-order valence-electron chi connectivity index (χ0n) is 12.9. The third kappa shape index (κ3) is 3.03. The lowest BCUT2D eigenvalue weighted by Crippen LogP contribution is -2.30. The van der Waals surface area contributed by atoms with Crippen LogP contribution in [0.5, 0.6) is 0 Å². The van der Waals surface area contributed by atoms with Crippen molar-refractivity contribution in [3.05, 3.63) is 53.2 Å². The summed E-state index contributed by atoms with van der Waals surface area (Å²) >= 11 is 0. The molecule has 2 heterocycles. The molecule has 21 heavy (non-hydrogen) atoms. The van der Waals surface area contributed by atoms with Crippen molar-refractivity contribution in [3.63, 3.8) is 0 Å². The van der Waals surface area contributed by atoms with Gasteiger partial charge in [0.05, 0.1) is 6.04 Å². The highest BCUT2D eigenvalue weighted by Crippen LogP contribution is 2.39. The van der Waals surface area contributed by atoms with Crippen LogP contribution in [0.2, 0.25) is 0 Å². The first-order valence-corrected chi connectivity index (χ1v) is 8.03. The van der Waals surface area contributed by atoms with E-state index in [1.165, 1.54) is 24.1 Å². The average Bonchev–Trinajstić information content (AvgIpc) is 2.94. The topological polar surface area (TPSA) is 38.1 Å². The van der Waals surface area contributed by atoms with Crippen LogP contribution in [0.25, 0.3) is 0 Å². The molecule has 2 aromatic rings. The number of nitrogens with zero attached hydrogens (tertiary/aromatic N) is 1. The fourth-order valence-electron chi connectivity index (χ4n) is 3.33. The van der Waals surface area contributed by atoms with Crippen molar-refractivity contribution in [2.24, 2.45) is 0 Å². The van der Waals surface area contributed by atoms with E-state index in [0.717, 1.165) is 30.9 Å². The molecule has 0 saturated heterocycles. The molecule has 0 aliphatic heterocycles. The number of fused-ring (bicyclic) bond motifs is 1. The van der Waals surface area contributed by atoms with E-state index in [0.29, 0.717) is 5.92 Å². The van der Waals surface area contributed by atoms with Crippen molar-refractivity contribution in [3.8, 4) is 0 Å². The van der Waals surface area contributed by atoms with Gasteiger partial charge in [-0.05, 0) is 62.9 Å². The average molecular weight is 284 g/mol. The Balaban J connectivity index is 1.93. The zero-order valence-corrected chi connectivity index (χ0v) is 12.9. The molecule has 1 aliphatic carbocycles. The molecule has 0 saturated carbocycles. The molecule has 1 N–H and O–H groups in total. The van der Waals surface area contributed by atoms with Gasteiger partial charge < -0.3 is 9.73 Å². The van der Waals surface area contributed by atoms with Gasteiger partial charge in [-0.3, -0.25) is 4.98 Å². The van der Waals surface area contributed by atoms with E-state index in [1.807, 2.05) is 19.2 Å². The molecule has 0 fully saturated rings. The Labute approximate surface area is 126 Å². The second-order valence-corrected chi connectivity index (χ2v) is 5.93. The molecule has 112 valence electrons. The van der Waals surface area contributed by atoms with E-state index in [-0.39, 0.29) is 6.04 Å². The highest BCUT2D eigenvalue weighted by Gasteiger charge is 2.31. The number of aromatic nitrogens is 1. The fraction of sp³-hybridized carbons (Fsp3) is 0.500. The van der Waals surface area contributed by atoms with Gasteiger partial charge in [-0.2, -0.15) is 0 Å². The van der Waals surface area contributed by atoms with Gasteiger partial charge in [-0.15, -0.1) is 0 Å². The Hall–Kier alpha value is -1.61. The minimum absolute atomic E-state index is 0.229. The highest BCUT2D eigenvalue weighted by molar-refractivity contribution is 5.29. The summed E-state index contributed by atoms with van der Waals surface area (Å²) in [4.78, 5) is 4.68. The van der Waals surface area contributed by atoms with E-state index in [2.05, 4.69) is 35.4 Å². The molecule has 3 heteroatoms. The van der Waals surface area contributed by atoms with Crippen molar-refractivity contribution in [2.75, 3.05) is 6.54 Å². The summed E-state index contributed by atoms with van der Waals surface area (Å²) in [6, 6.07) is 8.66. The van der Waals surface area contributed by atoms with E-state index in [4.69, 9.17) is 4.42 Å². The lowest BCUT2D eigenvalue weighted by atomic mass is 9.81. The number of aryl methyl sites for hydroxylation is 2. The normalized spacial score (nSPS) is 19.2. The number of hydrogen-bond acceptors (Lipinski definition) is 3. The van der Waals surface area contributed by atoms with Gasteiger partial charge in [0.15, 0.2) is 0 Å². The van der Waals surface area contributed by atoms with Gasteiger partial charge in [-0.1, -0.05) is 13.0 Å². The van der Waals surface area contributed by atoms with Crippen molar-refractivity contribution >= 4 is 0 Å². The standard InChI is InChI=1S/C18H24N2O/c1-3-11-19-18(16-10-9-13(2)21-16)15-8-4-6-14-7-5-12-20-17(14)15/h5,7,9-10,12,15,18-19H,3-4,6,8,11H2,1-2H3. The first-order chi connectivity index (χ1) is 10.3. The van der Waals surface area contributed by atoms with Crippen molar-refractivity contribution in [1.82, 2.24) is 10.3 Å². The van der Waals surface area contributed by atoms with Gasteiger partial charge in [0.2, 0.25) is 0 Å². The Morgan fingerprint density at radius 1 is 1.38 bits per heavy atom. The minimum atomic E-state index is 0.229. The van der Waals surface area contributed by atoms with Gasteiger partial charge in [0, 0.05) is 17.8 Å². The summed E-state index contributed by atoms with van der Waals surface area (Å²) in [6.45, 7) is 5.21. The van der Waals surface area contributed by atoms with Crippen LogP contribution < -0.4 is 5.32 Å². The maximum absolute atomic E-state index is 5.92. The number of hydrogen-bond donors (Lipinski definition) is 1. The third-order valence-corrected chi connectivity index (χ3v) is 4.32. The van der Waals surface area contributed by atoms with Crippen LogP contribution >= 0.6 is 0 Å². The molecule has 0 spiro atoms. The Kier molecular flexibility index (Phi) is 4.39. The third-order valence-electron chi connectivity index (χ3n) is 4.32. The first-order valence-electron chi connectivity index (χ1n) is 8.03. The molecule has 0 aromatic carbocycles. The Bertz CT molecular complexity index is 590. The van der Waals surface area contributed by atoms with Crippen molar-refractivity contribution < 1.29 is 4.42 Å². The molecular weight excluding hydrogens is 260 g/mol. The van der Waals surface area contributed by atoms with Crippen LogP contribution in [0.4, 0.5) is 0 Å². The molecule has 1 aliphatic rings. The van der Waals surface area contributed by atoms with E-state index in [1.54, 1.807) is 0 Å². The molecular formula is C18H24N2O. The predicted molar refractivity (Wildman–Crippen MR) is 84.4 cm³/mol. The summed E-state index contributed by atoms with van der Waals surface area (Å²) in [5.41, 5.74) is 2.66. The summed E-state index contributed by atoms with van der Waals surface area (Å²) in [5.74, 6) is 2.43. The van der Waals surface area contributed by atoms with E-state index >= 15 is 0 Å². The van der Waals surface area contributed by atoms with Crippen LogP contribution in [-0.2, 0) is 6.42 Å². The first kappa shape index (κ1) is 14.3. The van der Waals surface area contributed by atoms with Crippen molar-refractivity contribution in [2.45, 2.75) is 51.5 Å². The Morgan fingerprint density at radius 2 is 2.29 bits per heavy atom. The maximum Gasteiger partial charge on any atom is 0.121 e. The monoisotopic (exact) mass is 284 g/mol. The second kappa shape index (κ2) is 6.44. The number of pyridine rings is 1. The molecule has 3 nitrogen and oxygen atoms in total. The van der Waals surface area contributed by atoms with E-state index in [9.17, 15) is 0 Å². The van der Waals surface area contributed by atoms with Crippen LogP contribution in [0, 0.1) is 6.92 Å². The fourth-order valence-corrected chi connectivity index (χ4v) is 3.33. The second-order valence-electron chi connectivity index (χ2n) is 5.93. The van der Waals surface area contributed by atoms with Crippen LogP contribution in [0.15, 0.2) is 34.9 Å². The van der Waals surface area contributed by atoms with Gasteiger partial charge in [0.25, 0.3) is 0 Å². The molecule has 2 unspecified atom stereocenters. The quantitative estimate of drug-likeness (QED) is 0.896. The van der Waals surface area contributed by atoms with Crippen LogP contribution in [-0.4, -0.2) is 11.5 Å². The summed E-state index contributed by atoms with van der Waals surface area (Å²) < 4.78 is 5.92. The van der Waals surface area contributed by atoms with Crippen LogP contribution in [0.3, 0.4) is 0 Å². The predicted octanol–water partition coefficient (Wildman–Crippen LogP) is 4.14. The molecule has 3 rings (SSSR count). The zero-order chi connectivity index (χ0) is 14.7. The molecule has 2 atom stereocenters. The summed E-state index contributed by atoms with van der Waals surface area (Å²) in [6.07, 6.45) is 6.59. The molecule has 0 amide bonds. The maximum atomic E-state index is 5.92. The number of rotatable bonds is 5. The Morgan fingerprint density at radius 3 is 3.05 bits per heavy atom. The van der Waals surface area contributed by atoms with E-state index < -0.39 is 0 Å². The summed E-state index contributed by atoms with van der Waals surface area (Å²) in [5, 5.41) is 3.68. The van der Waals surface area contributed by atoms with Gasteiger partial charge >= 0.3 is 0 Å². The largest absolute Gasteiger partial charge is 0.465 e. The smallest absolute Gasteiger partial charge is 0.121 e. The highest BCUT2D eigenvalue weighted by atomic mass is 16.3. The van der Waals surface area contributed by atoms with Gasteiger partial charge in [0.1, 0.15) is 11.5 Å². The minimum Gasteiger partial charge on any atom is -0.465 e. The number of nitrogens with one attached hydrogen (secondary N) is 1. The summed E-state index contributed by atoms with van der Waals surface area (Å²) in [7, 11) is 0.